The van der Waals surface area contributed by atoms with Crippen molar-refractivity contribution in [2.45, 2.75) is 59.9 Å². The van der Waals surface area contributed by atoms with Gasteiger partial charge in [0.05, 0.1) is 0 Å². The first-order chi connectivity index (χ1) is 9.27. The second-order valence-electron chi connectivity index (χ2n) is 6.18. The van der Waals surface area contributed by atoms with E-state index in [-0.39, 0.29) is 6.03 Å². The zero-order valence-corrected chi connectivity index (χ0v) is 13.5. The summed E-state index contributed by atoms with van der Waals surface area (Å²) >= 11 is 0. The van der Waals surface area contributed by atoms with Crippen LogP contribution >= 0.6 is 0 Å². The predicted octanol–water partition coefficient (Wildman–Crippen LogP) is 2.95. The van der Waals surface area contributed by atoms with Gasteiger partial charge in [-0.3, -0.25) is 0 Å². The van der Waals surface area contributed by atoms with Crippen molar-refractivity contribution >= 4 is 12.0 Å². The molecule has 0 aromatic carbocycles. The van der Waals surface area contributed by atoms with Crippen molar-refractivity contribution in [2.75, 3.05) is 13.1 Å². The molecule has 0 aliphatic heterocycles. The van der Waals surface area contributed by atoms with Crippen molar-refractivity contribution in [3.63, 3.8) is 0 Å². The van der Waals surface area contributed by atoms with E-state index in [0.717, 1.165) is 12.8 Å². The molecule has 0 heterocycles. The third-order valence-electron chi connectivity index (χ3n) is 2.90. The molecular formula is C15H30N2O3. The summed E-state index contributed by atoms with van der Waals surface area (Å²) in [4.78, 5) is 25.1. The monoisotopic (exact) mass is 286 g/mol. The third-order valence-corrected chi connectivity index (χ3v) is 2.90. The number of hydrogen-bond donors (Lipinski definition) is 2. The van der Waals surface area contributed by atoms with Crippen molar-refractivity contribution in [2.24, 2.45) is 11.8 Å². The molecule has 20 heavy (non-hydrogen) atoms. The zero-order valence-electron chi connectivity index (χ0n) is 13.5. The second-order valence-corrected chi connectivity index (χ2v) is 6.18. The molecule has 0 saturated heterocycles. The van der Waals surface area contributed by atoms with E-state index < -0.39 is 12.0 Å². The molecule has 1 unspecified atom stereocenters. The number of unbranched alkanes of at least 4 members (excludes halogenated alkanes) is 1. The van der Waals surface area contributed by atoms with Crippen molar-refractivity contribution in [1.29, 1.82) is 0 Å². The first-order valence-electron chi connectivity index (χ1n) is 7.56. The van der Waals surface area contributed by atoms with Crippen molar-refractivity contribution in [3.8, 4) is 0 Å². The SMILES string of the molecule is CCCCC(NC(=O)N(CC(C)C)CC(C)C)C(=O)O. The van der Waals surface area contributed by atoms with Crippen LogP contribution in [0.1, 0.15) is 53.9 Å². The Morgan fingerprint density at radius 1 is 1.10 bits per heavy atom. The van der Waals surface area contributed by atoms with Crippen LogP contribution in [0.2, 0.25) is 0 Å². The van der Waals surface area contributed by atoms with Crippen LogP contribution in [0.3, 0.4) is 0 Å². The molecule has 5 heteroatoms. The fraction of sp³-hybridized carbons (Fsp3) is 0.867. The highest BCUT2D eigenvalue weighted by Gasteiger charge is 2.23. The summed E-state index contributed by atoms with van der Waals surface area (Å²) in [6, 6.07) is -1.06. The van der Waals surface area contributed by atoms with Crippen molar-refractivity contribution in [1.82, 2.24) is 10.2 Å². The first-order valence-corrected chi connectivity index (χ1v) is 7.56. The van der Waals surface area contributed by atoms with Crippen LogP contribution in [0.15, 0.2) is 0 Å². The summed E-state index contributed by atoms with van der Waals surface area (Å²) in [5, 5.41) is 11.8. The van der Waals surface area contributed by atoms with E-state index in [2.05, 4.69) is 5.32 Å². The average molecular weight is 286 g/mol. The second kappa shape index (κ2) is 9.61. The van der Waals surface area contributed by atoms with Crippen LogP contribution < -0.4 is 5.32 Å². The maximum atomic E-state index is 12.2. The molecule has 5 nitrogen and oxygen atoms in total. The van der Waals surface area contributed by atoms with Crippen molar-refractivity contribution in [3.05, 3.63) is 0 Å². The fourth-order valence-electron chi connectivity index (χ4n) is 2.03. The number of rotatable bonds is 9. The van der Waals surface area contributed by atoms with Crippen LogP contribution in [0, 0.1) is 11.8 Å². The summed E-state index contributed by atoms with van der Waals surface area (Å²) in [6.07, 6.45) is 2.20. The Bertz CT molecular complexity index is 293. The lowest BCUT2D eigenvalue weighted by Crippen LogP contribution is -2.49. The molecule has 0 aliphatic carbocycles. The highest BCUT2D eigenvalue weighted by Crippen LogP contribution is 2.07. The van der Waals surface area contributed by atoms with Gasteiger partial charge >= 0.3 is 12.0 Å². The Morgan fingerprint density at radius 3 is 1.95 bits per heavy atom. The smallest absolute Gasteiger partial charge is 0.326 e. The van der Waals surface area contributed by atoms with E-state index in [1.807, 2.05) is 34.6 Å². The molecule has 0 spiro atoms. The zero-order chi connectivity index (χ0) is 15.7. The Labute approximate surface area is 122 Å². The van der Waals surface area contributed by atoms with E-state index in [1.165, 1.54) is 0 Å². The lowest BCUT2D eigenvalue weighted by atomic mass is 10.1. The minimum Gasteiger partial charge on any atom is -0.480 e. The molecule has 2 amide bonds. The number of urea groups is 1. The molecule has 0 bridgehead atoms. The number of aliphatic carboxylic acids is 1. The highest BCUT2D eigenvalue weighted by molar-refractivity contribution is 5.82. The maximum absolute atomic E-state index is 12.2. The van der Waals surface area contributed by atoms with Crippen LogP contribution in [0.25, 0.3) is 0 Å². The molecule has 0 aromatic rings. The van der Waals surface area contributed by atoms with Crippen LogP contribution in [-0.2, 0) is 4.79 Å². The molecule has 1 atom stereocenters. The van der Waals surface area contributed by atoms with Gasteiger partial charge in [-0.05, 0) is 18.3 Å². The largest absolute Gasteiger partial charge is 0.480 e. The van der Waals surface area contributed by atoms with Gasteiger partial charge in [0, 0.05) is 13.1 Å². The van der Waals surface area contributed by atoms with Crippen LogP contribution in [-0.4, -0.2) is 41.1 Å². The van der Waals surface area contributed by atoms with E-state index in [9.17, 15) is 9.59 Å². The summed E-state index contributed by atoms with van der Waals surface area (Å²) in [6.45, 7) is 11.5. The van der Waals surface area contributed by atoms with Crippen LogP contribution in [0.4, 0.5) is 4.79 Å². The van der Waals surface area contributed by atoms with E-state index in [0.29, 0.717) is 31.3 Å². The fourth-order valence-corrected chi connectivity index (χ4v) is 2.03. The highest BCUT2D eigenvalue weighted by atomic mass is 16.4. The van der Waals surface area contributed by atoms with Gasteiger partial charge in [-0.25, -0.2) is 9.59 Å². The van der Waals surface area contributed by atoms with Gasteiger partial charge in [0.15, 0.2) is 0 Å². The Morgan fingerprint density at radius 2 is 1.60 bits per heavy atom. The van der Waals surface area contributed by atoms with Gasteiger partial charge in [-0.1, -0.05) is 47.5 Å². The lowest BCUT2D eigenvalue weighted by Gasteiger charge is -2.28. The van der Waals surface area contributed by atoms with Crippen LogP contribution in [0.5, 0.6) is 0 Å². The number of nitrogens with one attached hydrogen (secondary N) is 1. The van der Waals surface area contributed by atoms with Gasteiger partial charge in [0.2, 0.25) is 0 Å². The first kappa shape index (κ1) is 18.7. The lowest BCUT2D eigenvalue weighted by molar-refractivity contribution is -0.139. The number of hydrogen-bond acceptors (Lipinski definition) is 2. The number of carboxylic acid groups (broad SMARTS) is 1. The quantitative estimate of drug-likeness (QED) is 0.684. The predicted molar refractivity (Wildman–Crippen MR) is 80.7 cm³/mol. The van der Waals surface area contributed by atoms with E-state index >= 15 is 0 Å². The Hall–Kier alpha value is -1.26. The third kappa shape index (κ3) is 8.02. The van der Waals surface area contributed by atoms with Gasteiger partial charge in [-0.2, -0.15) is 0 Å². The molecule has 0 aromatic heterocycles. The summed E-state index contributed by atoms with van der Waals surface area (Å²) in [5.41, 5.74) is 0. The number of amides is 2. The maximum Gasteiger partial charge on any atom is 0.326 e. The molecule has 0 fully saturated rings. The number of carbonyl (C=O) groups is 2. The number of carboxylic acids is 1. The molecule has 0 rings (SSSR count). The number of carbonyl (C=O) groups excluding carboxylic acids is 1. The van der Waals surface area contributed by atoms with E-state index in [1.54, 1.807) is 4.90 Å². The summed E-state index contributed by atoms with van der Waals surface area (Å²) in [5.74, 6) is -0.238. The molecule has 118 valence electrons. The normalized spacial score (nSPS) is 12.6. The van der Waals surface area contributed by atoms with Gasteiger partial charge in [-0.15, -0.1) is 0 Å². The topological polar surface area (TPSA) is 69.6 Å². The Balaban J connectivity index is 4.64. The average Bonchev–Trinajstić information content (AvgIpc) is 2.31. The molecule has 0 radical (unpaired) electrons. The van der Waals surface area contributed by atoms with Crippen molar-refractivity contribution < 1.29 is 14.7 Å². The van der Waals surface area contributed by atoms with Gasteiger partial charge < -0.3 is 15.3 Å². The molecular weight excluding hydrogens is 256 g/mol. The molecule has 0 aliphatic rings. The minimum absolute atomic E-state index is 0.268. The Kier molecular flexibility index (Phi) is 9.01. The molecule has 0 saturated carbocycles. The minimum atomic E-state index is -0.958. The summed E-state index contributed by atoms with van der Waals surface area (Å²) < 4.78 is 0. The number of nitrogens with zero attached hydrogens (tertiary/aromatic N) is 1. The van der Waals surface area contributed by atoms with Gasteiger partial charge in [0.1, 0.15) is 6.04 Å². The molecule has 2 N–H and O–H groups in total. The standard InChI is InChI=1S/C15H30N2O3/c1-6-7-8-13(14(18)19)16-15(20)17(9-11(2)3)10-12(4)5/h11-13H,6-10H2,1-5H3,(H,16,20)(H,18,19). The summed E-state index contributed by atoms with van der Waals surface area (Å²) in [7, 11) is 0. The van der Waals surface area contributed by atoms with E-state index in [4.69, 9.17) is 5.11 Å². The van der Waals surface area contributed by atoms with Gasteiger partial charge in [0.25, 0.3) is 0 Å².